The molecule has 0 atom stereocenters. The molecule has 0 bridgehead atoms. The minimum Gasteiger partial charge on any atom is -0.274 e. The van der Waals surface area contributed by atoms with Crippen LogP contribution in [0.2, 0.25) is 0 Å². The summed E-state index contributed by atoms with van der Waals surface area (Å²) in [5.41, 5.74) is 1.27. The largest absolute Gasteiger partial charge is 0.274 e. The number of amides is 2. The van der Waals surface area contributed by atoms with Crippen LogP contribution in [0.3, 0.4) is 0 Å². The van der Waals surface area contributed by atoms with Crippen molar-refractivity contribution in [1.82, 2.24) is 4.90 Å². The summed E-state index contributed by atoms with van der Waals surface area (Å²) in [6.45, 7) is 8.33. The van der Waals surface area contributed by atoms with Gasteiger partial charge in [-0.2, -0.15) is 0 Å². The lowest BCUT2D eigenvalue weighted by Crippen LogP contribution is -2.33. The van der Waals surface area contributed by atoms with E-state index in [9.17, 15) is 9.59 Å². The van der Waals surface area contributed by atoms with Gasteiger partial charge in [-0.25, -0.2) is 0 Å². The minimum atomic E-state index is -0.115. The van der Waals surface area contributed by atoms with Crippen molar-refractivity contribution in [1.29, 1.82) is 0 Å². The summed E-state index contributed by atoms with van der Waals surface area (Å²) in [5, 5.41) is 0. The number of rotatable bonds is 2. The van der Waals surface area contributed by atoms with E-state index in [1.54, 1.807) is 0 Å². The molecule has 1 aliphatic rings. The number of thiophene rings is 1. The van der Waals surface area contributed by atoms with Crippen LogP contribution >= 0.6 is 11.3 Å². The van der Waals surface area contributed by atoms with Crippen LogP contribution in [0.5, 0.6) is 0 Å². The molecule has 2 amide bonds. The highest BCUT2D eigenvalue weighted by Gasteiger charge is 2.39. The van der Waals surface area contributed by atoms with Gasteiger partial charge >= 0.3 is 0 Å². The van der Waals surface area contributed by atoms with Gasteiger partial charge in [0.05, 0.1) is 11.1 Å². The molecule has 3 nitrogen and oxygen atoms in total. The molecule has 16 heavy (non-hydrogen) atoms. The van der Waals surface area contributed by atoms with Gasteiger partial charge in [0.15, 0.2) is 0 Å². The molecule has 4 heteroatoms. The normalized spacial score (nSPS) is 15.2. The van der Waals surface area contributed by atoms with Crippen LogP contribution < -0.4 is 0 Å². The molecule has 0 unspecified atom stereocenters. The van der Waals surface area contributed by atoms with Gasteiger partial charge in [-0.05, 0) is 19.8 Å². The number of hydrogen-bond acceptors (Lipinski definition) is 3. The monoisotopic (exact) mass is 237 g/mol. The van der Waals surface area contributed by atoms with Crippen molar-refractivity contribution < 1.29 is 9.59 Å². The van der Waals surface area contributed by atoms with Crippen LogP contribution in [0.15, 0.2) is 0 Å². The Hall–Kier alpha value is -1.16. The summed E-state index contributed by atoms with van der Waals surface area (Å²) in [5.74, 6) is 0.0762. The zero-order chi connectivity index (χ0) is 12.0. The Morgan fingerprint density at radius 2 is 1.50 bits per heavy atom. The first-order chi connectivity index (χ1) is 7.43. The Labute approximate surface area is 99.1 Å². The first kappa shape index (κ1) is 11.3. The smallest absolute Gasteiger partial charge is 0.262 e. The van der Waals surface area contributed by atoms with E-state index in [4.69, 9.17) is 0 Å². The fourth-order valence-electron chi connectivity index (χ4n) is 2.09. The highest BCUT2D eigenvalue weighted by atomic mass is 32.1. The standard InChI is InChI=1S/C12H15NO2S/c1-6(2)5-13-11(14)9-7(3)16-8(4)10(9)12(13)15/h6H,5H2,1-4H3. The number of carbonyl (C=O) groups is 2. The summed E-state index contributed by atoms with van der Waals surface area (Å²) in [4.78, 5) is 27.5. The average Bonchev–Trinajstić information content (AvgIpc) is 2.58. The Balaban J connectivity index is 2.45. The van der Waals surface area contributed by atoms with Gasteiger partial charge in [0.2, 0.25) is 0 Å². The number of hydrogen-bond donors (Lipinski definition) is 0. The van der Waals surface area contributed by atoms with Gasteiger partial charge < -0.3 is 0 Å². The fraction of sp³-hybridized carbons (Fsp3) is 0.500. The molecule has 0 N–H and O–H groups in total. The lowest BCUT2D eigenvalue weighted by molar-refractivity contribution is 0.0636. The molecule has 0 aromatic carbocycles. The molecule has 1 aliphatic heterocycles. The second-order valence-corrected chi connectivity index (χ2v) is 6.01. The van der Waals surface area contributed by atoms with E-state index in [1.807, 2.05) is 27.7 Å². The minimum absolute atomic E-state index is 0.115. The van der Waals surface area contributed by atoms with Crippen LogP contribution in [0.4, 0.5) is 0 Å². The van der Waals surface area contributed by atoms with Crippen molar-refractivity contribution in [3.05, 3.63) is 20.9 Å². The topological polar surface area (TPSA) is 37.4 Å². The maximum absolute atomic E-state index is 12.1. The van der Waals surface area contributed by atoms with Crippen LogP contribution in [0.25, 0.3) is 0 Å². The van der Waals surface area contributed by atoms with E-state index in [1.165, 1.54) is 16.2 Å². The lowest BCUT2D eigenvalue weighted by Gasteiger charge is -2.16. The molecular weight excluding hydrogens is 222 g/mol. The van der Waals surface area contributed by atoms with Gasteiger partial charge in [0.1, 0.15) is 0 Å². The van der Waals surface area contributed by atoms with Gasteiger partial charge in [-0.1, -0.05) is 13.8 Å². The Bertz CT molecular complexity index is 437. The number of aryl methyl sites for hydroxylation is 2. The average molecular weight is 237 g/mol. The molecule has 0 aliphatic carbocycles. The number of imide groups is 1. The molecule has 1 aromatic rings. The molecule has 2 heterocycles. The van der Waals surface area contributed by atoms with Gasteiger partial charge in [0.25, 0.3) is 11.8 Å². The second kappa shape index (κ2) is 3.70. The van der Waals surface area contributed by atoms with Crippen molar-refractivity contribution in [2.24, 2.45) is 5.92 Å². The zero-order valence-electron chi connectivity index (χ0n) is 9.96. The van der Waals surface area contributed by atoms with Gasteiger partial charge in [-0.3, -0.25) is 14.5 Å². The molecule has 0 spiro atoms. The van der Waals surface area contributed by atoms with Crippen LogP contribution in [-0.2, 0) is 0 Å². The third-order valence-electron chi connectivity index (χ3n) is 2.73. The first-order valence-electron chi connectivity index (χ1n) is 5.39. The predicted octanol–water partition coefficient (Wildman–Crippen LogP) is 2.62. The van der Waals surface area contributed by atoms with Crippen molar-refractivity contribution in [2.75, 3.05) is 6.54 Å². The van der Waals surface area contributed by atoms with Crippen LogP contribution in [0.1, 0.15) is 44.3 Å². The van der Waals surface area contributed by atoms with Crippen LogP contribution in [-0.4, -0.2) is 23.3 Å². The van der Waals surface area contributed by atoms with Crippen molar-refractivity contribution in [3.63, 3.8) is 0 Å². The van der Waals surface area contributed by atoms with Crippen LogP contribution in [0, 0.1) is 19.8 Å². The first-order valence-corrected chi connectivity index (χ1v) is 6.21. The van der Waals surface area contributed by atoms with E-state index in [-0.39, 0.29) is 11.8 Å². The van der Waals surface area contributed by atoms with Gasteiger partial charge in [-0.15, -0.1) is 11.3 Å². The maximum Gasteiger partial charge on any atom is 0.262 e. The third kappa shape index (κ3) is 1.48. The number of fused-ring (bicyclic) bond motifs is 1. The van der Waals surface area contributed by atoms with Crippen molar-refractivity contribution in [3.8, 4) is 0 Å². The highest BCUT2D eigenvalue weighted by molar-refractivity contribution is 7.12. The maximum atomic E-state index is 12.1. The molecule has 2 rings (SSSR count). The van der Waals surface area contributed by atoms with E-state index >= 15 is 0 Å². The van der Waals surface area contributed by atoms with E-state index in [0.717, 1.165) is 9.75 Å². The quantitative estimate of drug-likeness (QED) is 0.741. The molecule has 0 saturated heterocycles. The Morgan fingerprint density at radius 3 is 1.88 bits per heavy atom. The SMILES string of the molecule is Cc1sc(C)c2c1C(=O)N(CC(C)C)C2=O. The summed E-state index contributed by atoms with van der Waals surface area (Å²) in [6.07, 6.45) is 0. The van der Waals surface area contributed by atoms with Gasteiger partial charge in [0, 0.05) is 16.3 Å². The van der Waals surface area contributed by atoms with Crippen molar-refractivity contribution in [2.45, 2.75) is 27.7 Å². The van der Waals surface area contributed by atoms with E-state index in [0.29, 0.717) is 23.6 Å². The number of nitrogens with zero attached hydrogens (tertiary/aromatic N) is 1. The Morgan fingerprint density at radius 1 is 1.06 bits per heavy atom. The summed E-state index contributed by atoms with van der Waals surface area (Å²) in [7, 11) is 0. The fourth-order valence-corrected chi connectivity index (χ4v) is 3.13. The predicted molar refractivity (Wildman–Crippen MR) is 64.0 cm³/mol. The van der Waals surface area contributed by atoms with E-state index < -0.39 is 0 Å². The molecule has 0 radical (unpaired) electrons. The number of carbonyl (C=O) groups excluding carboxylic acids is 2. The zero-order valence-corrected chi connectivity index (χ0v) is 10.8. The summed E-state index contributed by atoms with van der Waals surface area (Å²) < 4.78 is 0. The molecule has 0 saturated carbocycles. The van der Waals surface area contributed by atoms with E-state index in [2.05, 4.69) is 0 Å². The van der Waals surface area contributed by atoms with Crippen molar-refractivity contribution >= 4 is 23.2 Å². The second-order valence-electron chi connectivity index (χ2n) is 4.58. The summed E-state index contributed by atoms with van der Waals surface area (Å²) in [6, 6.07) is 0. The highest BCUT2D eigenvalue weighted by Crippen LogP contribution is 2.34. The Kier molecular flexibility index (Phi) is 2.62. The summed E-state index contributed by atoms with van der Waals surface area (Å²) >= 11 is 1.53. The molecule has 0 fully saturated rings. The lowest BCUT2D eigenvalue weighted by atomic mass is 10.1. The molecular formula is C12H15NO2S. The molecule has 1 aromatic heterocycles. The molecule has 86 valence electrons. The third-order valence-corrected chi connectivity index (χ3v) is 3.75.